The fraction of sp³-hybridized carbons (Fsp3) is 0.368. The standard InChI is InChI=1S/C19H22FN/c1-13-6-8-15(9-7-13)19(16-10-11-16)21-14(2)17-4-3-5-18(20)12-17/h3-9,12,14,16,19,21H,10-11H2,1-2H3/t14-,19?/m0/s1. The van der Waals surface area contributed by atoms with E-state index in [-0.39, 0.29) is 11.9 Å². The van der Waals surface area contributed by atoms with Gasteiger partial charge in [-0.2, -0.15) is 0 Å². The molecule has 1 aliphatic rings. The Morgan fingerprint density at radius 1 is 1.05 bits per heavy atom. The van der Waals surface area contributed by atoms with Gasteiger partial charge in [-0.1, -0.05) is 42.0 Å². The molecule has 0 radical (unpaired) electrons. The molecule has 0 amide bonds. The molecule has 1 unspecified atom stereocenters. The summed E-state index contributed by atoms with van der Waals surface area (Å²) in [6.07, 6.45) is 2.56. The molecule has 0 heterocycles. The lowest BCUT2D eigenvalue weighted by Crippen LogP contribution is -2.26. The van der Waals surface area contributed by atoms with Crippen LogP contribution in [0.25, 0.3) is 0 Å². The van der Waals surface area contributed by atoms with Gasteiger partial charge in [-0.05, 0) is 55.9 Å². The largest absolute Gasteiger partial charge is 0.303 e. The summed E-state index contributed by atoms with van der Waals surface area (Å²) in [4.78, 5) is 0. The van der Waals surface area contributed by atoms with Gasteiger partial charge < -0.3 is 5.32 Å². The molecular weight excluding hydrogens is 261 g/mol. The van der Waals surface area contributed by atoms with E-state index in [0.29, 0.717) is 12.0 Å². The lowest BCUT2D eigenvalue weighted by atomic mass is 9.98. The van der Waals surface area contributed by atoms with Crippen molar-refractivity contribution in [3.05, 3.63) is 71.0 Å². The Labute approximate surface area is 126 Å². The van der Waals surface area contributed by atoms with Crippen molar-refractivity contribution in [2.24, 2.45) is 5.92 Å². The molecule has 1 saturated carbocycles. The van der Waals surface area contributed by atoms with Crippen molar-refractivity contribution < 1.29 is 4.39 Å². The molecule has 110 valence electrons. The SMILES string of the molecule is Cc1ccc(C(N[C@@H](C)c2cccc(F)c2)C2CC2)cc1. The summed E-state index contributed by atoms with van der Waals surface area (Å²) in [6, 6.07) is 16.1. The van der Waals surface area contributed by atoms with Gasteiger partial charge in [0.25, 0.3) is 0 Å². The summed E-state index contributed by atoms with van der Waals surface area (Å²) in [5, 5.41) is 3.69. The predicted molar refractivity (Wildman–Crippen MR) is 84.6 cm³/mol. The molecule has 2 atom stereocenters. The average Bonchev–Trinajstić information content (AvgIpc) is 3.30. The summed E-state index contributed by atoms with van der Waals surface area (Å²) < 4.78 is 13.4. The maximum absolute atomic E-state index is 13.4. The molecule has 0 aliphatic heterocycles. The van der Waals surface area contributed by atoms with Crippen LogP contribution >= 0.6 is 0 Å². The third-order valence-electron chi connectivity index (χ3n) is 4.31. The highest BCUT2D eigenvalue weighted by Crippen LogP contribution is 2.42. The molecule has 1 nitrogen and oxygen atoms in total. The topological polar surface area (TPSA) is 12.0 Å². The molecule has 3 rings (SSSR count). The first-order chi connectivity index (χ1) is 10.1. The summed E-state index contributed by atoms with van der Waals surface area (Å²) >= 11 is 0. The Bertz CT molecular complexity index is 601. The highest BCUT2D eigenvalue weighted by Gasteiger charge is 2.33. The Morgan fingerprint density at radius 2 is 1.76 bits per heavy atom. The molecule has 1 fully saturated rings. The number of rotatable bonds is 5. The Balaban J connectivity index is 1.77. The first-order valence-electron chi connectivity index (χ1n) is 7.71. The fourth-order valence-corrected chi connectivity index (χ4v) is 2.85. The van der Waals surface area contributed by atoms with Crippen molar-refractivity contribution in [3.8, 4) is 0 Å². The van der Waals surface area contributed by atoms with E-state index in [2.05, 4.69) is 43.4 Å². The van der Waals surface area contributed by atoms with Crippen molar-refractivity contribution in [1.29, 1.82) is 0 Å². The normalized spacial score (nSPS) is 17.5. The third kappa shape index (κ3) is 3.51. The van der Waals surface area contributed by atoms with Crippen molar-refractivity contribution >= 4 is 0 Å². The molecule has 21 heavy (non-hydrogen) atoms. The van der Waals surface area contributed by atoms with Gasteiger partial charge in [-0.15, -0.1) is 0 Å². The van der Waals surface area contributed by atoms with Gasteiger partial charge >= 0.3 is 0 Å². The second kappa shape index (κ2) is 5.98. The highest BCUT2D eigenvalue weighted by atomic mass is 19.1. The van der Waals surface area contributed by atoms with E-state index in [9.17, 15) is 4.39 Å². The van der Waals surface area contributed by atoms with Gasteiger partial charge in [0.1, 0.15) is 5.82 Å². The van der Waals surface area contributed by atoms with E-state index >= 15 is 0 Å². The van der Waals surface area contributed by atoms with Crippen LogP contribution in [0, 0.1) is 18.7 Å². The minimum Gasteiger partial charge on any atom is -0.303 e. The minimum atomic E-state index is -0.167. The lowest BCUT2D eigenvalue weighted by molar-refractivity contribution is 0.426. The molecule has 0 aromatic heterocycles. The van der Waals surface area contributed by atoms with Crippen LogP contribution in [-0.2, 0) is 0 Å². The van der Waals surface area contributed by atoms with Gasteiger partial charge in [-0.25, -0.2) is 4.39 Å². The van der Waals surface area contributed by atoms with Crippen LogP contribution < -0.4 is 5.32 Å². The molecule has 1 N–H and O–H groups in total. The number of hydrogen-bond acceptors (Lipinski definition) is 1. The zero-order valence-electron chi connectivity index (χ0n) is 12.6. The van der Waals surface area contributed by atoms with Crippen molar-refractivity contribution in [2.75, 3.05) is 0 Å². The van der Waals surface area contributed by atoms with Crippen LogP contribution in [0.5, 0.6) is 0 Å². The molecular formula is C19H22FN. The molecule has 1 aliphatic carbocycles. The first kappa shape index (κ1) is 14.3. The van der Waals surface area contributed by atoms with Gasteiger partial charge in [0.2, 0.25) is 0 Å². The van der Waals surface area contributed by atoms with E-state index in [1.54, 1.807) is 12.1 Å². The van der Waals surface area contributed by atoms with Gasteiger partial charge in [0.15, 0.2) is 0 Å². The molecule has 2 heteroatoms. The van der Waals surface area contributed by atoms with E-state index in [0.717, 1.165) is 5.56 Å². The summed E-state index contributed by atoms with van der Waals surface area (Å²) in [6.45, 7) is 4.22. The van der Waals surface area contributed by atoms with Gasteiger partial charge in [0.05, 0.1) is 0 Å². The van der Waals surface area contributed by atoms with Crippen LogP contribution in [0.15, 0.2) is 48.5 Å². The summed E-state index contributed by atoms with van der Waals surface area (Å²) in [7, 11) is 0. The van der Waals surface area contributed by atoms with E-state index in [1.807, 2.05) is 6.07 Å². The lowest BCUT2D eigenvalue weighted by Gasteiger charge is -2.24. The molecule has 0 saturated heterocycles. The van der Waals surface area contributed by atoms with Crippen LogP contribution in [-0.4, -0.2) is 0 Å². The molecule has 0 spiro atoms. The Kier molecular flexibility index (Phi) is 4.07. The number of aryl methyl sites for hydroxylation is 1. The van der Waals surface area contributed by atoms with Crippen LogP contribution in [0.2, 0.25) is 0 Å². The number of hydrogen-bond donors (Lipinski definition) is 1. The maximum atomic E-state index is 13.4. The quantitative estimate of drug-likeness (QED) is 0.820. The van der Waals surface area contributed by atoms with E-state index in [4.69, 9.17) is 0 Å². The van der Waals surface area contributed by atoms with Crippen LogP contribution in [0.1, 0.15) is 48.5 Å². The predicted octanol–water partition coefficient (Wildman–Crippen LogP) is 4.94. The summed E-state index contributed by atoms with van der Waals surface area (Å²) in [5.74, 6) is 0.545. The minimum absolute atomic E-state index is 0.146. The number of benzene rings is 2. The van der Waals surface area contributed by atoms with Crippen molar-refractivity contribution in [2.45, 2.75) is 38.8 Å². The van der Waals surface area contributed by atoms with Gasteiger partial charge in [-0.3, -0.25) is 0 Å². The van der Waals surface area contributed by atoms with Crippen molar-refractivity contribution in [1.82, 2.24) is 5.32 Å². The monoisotopic (exact) mass is 283 g/mol. The number of nitrogens with one attached hydrogen (secondary N) is 1. The number of halogens is 1. The average molecular weight is 283 g/mol. The highest BCUT2D eigenvalue weighted by molar-refractivity contribution is 5.27. The summed E-state index contributed by atoms with van der Waals surface area (Å²) in [5.41, 5.74) is 3.63. The maximum Gasteiger partial charge on any atom is 0.123 e. The zero-order chi connectivity index (χ0) is 14.8. The smallest absolute Gasteiger partial charge is 0.123 e. The zero-order valence-corrected chi connectivity index (χ0v) is 12.6. The van der Waals surface area contributed by atoms with E-state index in [1.165, 1.54) is 30.0 Å². The molecule has 2 aromatic rings. The molecule has 0 bridgehead atoms. The second-order valence-electron chi connectivity index (χ2n) is 6.17. The van der Waals surface area contributed by atoms with Gasteiger partial charge in [0, 0.05) is 12.1 Å². The van der Waals surface area contributed by atoms with E-state index < -0.39 is 0 Å². The van der Waals surface area contributed by atoms with Crippen LogP contribution in [0.4, 0.5) is 4.39 Å². The fourth-order valence-electron chi connectivity index (χ4n) is 2.85. The first-order valence-corrected chi connectivity index (χ1v) is 7.71. The van der Waals surface area contributed by atoms with Crippen LogP contribution in [0.3, 0.4) is 0 Å². The second-order valence-corrected chi connectivity index (χ2v) is 6.17. The Morgan fingerprint density at radius 3 is 2.38 bits per heavy atom. The van der Waals surface area contributed by atoms with Crippen molar-refractivity contribution in [3.63, 3.8) is 0 Å². The molecule has 2 aromatic carbocycles. The Hall–Kier alpha value is -1.67. The third-order valence-corrected chi connectivity index (χ3v) is 4.31.